The average Bonchev–Trinajstić information content (AvgIpc) is 2.61. The second-order valence-corrected chi connectivity index (χ2v) is 5.45. The van der Waals surface area contributed by atoms with Gasteiger partial charge in [0.2, 0.25) is 11.8 Å². The van der Waals surface area contributed by atoms with Crippen LogP contribution in [-0.2, 0) is 15.8 Å². The van der Waals surface area contributed by atoms with Crippen molar-refractivity contribution in [2.45, 2.75) is 12.6 Å². The van der Waals surface area contributed by atoms with Gasteiger partial charge in [0.15, 0.2) is 0 Å². The molecule has 2 amide bonds. The van der Waals surface area contributed by atoms with Gasteiger partial charge in [-0.3, -0.25) is 19.7 Å². The normalized spacial score (nSPS) is 11.2. The Hall–Kier alpha value is -3.76. The molecule has 0 aliphatic rings. The number of carbonyl (C=O) groups is 2. The highest BCUT2D eigenvalue weighted by molar-refractivity contribution is 6.03. The van der Waals surface area contributed by atoms with E-state index in [2.05, 4.69) is 15.8 Å². The van der Waals surface area contributed by atoms with Crippen molar-refractivity contribution in [3.05, 3.63) is 69.8 Å². The molecule has 0 aromatic heterocycles. The lowest BCUT2D eigenvalue weighted by atomic mass is 10.2. The van der Waals surface area contributed by atoms with Gasteiger partial charge in [-0.05, 0) is 35.9 Å². The summed E-state index contributed by atoms with van der Waals surface area (Å²) in [5.74, 6) is -1.61. The van der Waals surface area contributed by atoms with Crippen LogP contribution in [0.2, 0.25) is 0 Å². The molecule has 0 spiro atoms. The summed E-state index contributed by atoms with van der Waals surface area (Å²) in [6.45, 7) is 0. The zero-order valence-corrected chi connectivity index (χ0v) is 14.1. The number of anilines is 1. The minimum atomic E-state index is -4.55. The van der Waals surface area contributed by atoms with Crippen LogP contribution in [0.25, 0.3) is 0 Å². The number of benzene rings is 2. The first-order chi connectivity index (χ1) is 13.1. The Morgan fingerprint density at radius 3 is 2.39 bits per heavy atom. The fraction of sp³-hybridized carbons (Fsp3) is 0.118. The fourth-order valence-corrected chi connectivity index (χ4v) is 2.02. The zero-order chi connectivity index (χ0) is 20.7. The van der Waals surface area contributed by atoms with Gasteiger partial charge in [0.1, 0.15) is 6.42 Å². The number of halogens is 3. The third-order valence-electron chi connectivity index (χ3n) is 3.30. The van der Waals surface area contributed by atoms with Gasteiger partial charge in [0.05, 0.1) is 16.7 Å². The maximum Gasteiger partial charge on any atom is 0.416 e. The predicted octanol–water partition coefficient (Wildman–Crippen LogP) is 3.09. The topological polar surface area (TPSA) is 114 Å². The van der Waals surface area contributed by atoms with Crippen LogP contribution in [0.15, 0.2) is 53.6 Å². The standard InChI is InChI=1S/C17H13F3N4O4/c18-17(19,20)12-2-1-3-13(8-12)22-15(25)9-16(26)23-21-10-11-4-6-14(7-5-11)24(27)28/h1-8,10H,9H2,(H,22,25)(H,23,26). The molecule has 2 aromatic rings. The average molecular weight is 394 g/mol. The van der Waals surface area contributed by atoms with Crippen LogP contribution in [0, 0.1) is 10.1 Å². The number of non-ortho nitro benzene ring substituents is 1. The van der Waals surface area contributed by atoms with Crippen LogP contribution >= 0.6 is 0 Å². The van der Waals surface area contributed by atoms with Crippen molar-refractivity contribution in [2.75, 3.05) is 5.32 Å². The minimum absolute atomic E-state index is 0.0954. The highest BCUT2D eigenvalue weighted by atomic mass is 19.4. The van der Waals surface area contributed by atoms with E-state index in [1.54, 1.807) is 0 Å². The number of amides is 2. The van der Waals surface area contributed by atoms with Crippen LogP contribution in [0.5, 0.6) is 0 Å². The van der Waals surface area contributed by atoms with E-state index in [-0.39, 0.29) is 11.4 Å². The van der Waals surface area contributed by atoms with Crippen molar-refractivity contribution in [3.8, 4) is 0 Å². The molecule has 0 heterocycles. The number of alkyl halides is 3. The van der Waals surface area contributed by atoms with Gasteiger partial charge in [0.25, 0.3) is 5.69 Å². The van der Waals surface area contributed by atoms with E-state index in [4.69, 9.17) is 0 Å². The highest BCUT2D eigenvalue weighted by Gasteiger charge is 2.30. The van der Waals surface area contributed by atoms with E-state index in [1.165, 1.54) is 36.5 Å². The Balaban J connectivity index is 1.85. The van der Waals surface area contributed by atoms with Crippen molar-refractivity contribution in [3.63, 3.8) is 0 Å². The van der Waals surface area contributed by atoms with E-state index in [0.29, 0.717) is 5.56 Å². The third kappa shape index (κ3) is 6.20. The molecule has 28 heavy (non-hydrogen) atoms. The van der Waals surface area contributed by atoms with Gasteiger partial charge in [-0.15, -0.1) is 0 Å². The number of nitro groups is 1. The molecule has 0 aliphatic heterocycles. The summed E-state index contributed by atoms with van der Waals surface area (Å²) in [4.78, 5) is 33.4. The molecule has 0 fully saturated rings. The summed E-state index contributed by atoms with van der Waals surface area (Å²) >= 11 is 0. The van der Waals surface area contributed by atoms with Crippen molar-refractivity contribution in [1.29, 1.82) is 0 Å². The monoisotopic (exact) mass is 394 g/mol. The molecule has 0 atom stereocenters. The van der Waals surface area contributed by atoms with Gasteiger partial charge in [-0.25, -0.2) is 5.43 Å². The fourth-order valence-electron chi connectivity index (χ4n) is 2.02. The number of carbonyl (C=O) groups excluding carboxylic acids is 2. The van der Waals surface area contributed by atoms with E-state index < -0.39 is 34.9 Å². The molecule has 0 bridgehead atoms. The first-order valence-corrected chi connectivity index (χ1v) is 7.68. The van der Waals surface area contributed by atoms with Gasteiger partial charge in [-0.1, -0.05) is 6.07 Å². The number of hydrogen-bond donors (Lipinski definition) is 2. The number of rotatable bonds is 6. The van der Waals surface area contributed by atoms with Crippen LogP contribution in [0.3, 0.4) is 0 Å². The molecule has 2 rings (SSSR count). The molecular weight excluding hydrogens is 381 g/mol. The van der Waals surface area contributed by atoms with Gasteiger partial charge in [-0.2, -0.15) is 18.3 Å². The molecule has 0 unspecified atom stereocenters. The van der Waals surface area contributed by atoms with Crippen LogP contribution in [0.4, 0.5) is 24.5 Å². The number of nitrogens with one attached hydrogen (secondary N) is 2. The van der Waals surface area contributed by atoms with E-state index in [1.807, 2.05) is 0 Å². The molecule has 2 aromatic carbocycles. The highest BCUT2D eigenvalue weighted by Crippen LogP contribution is 2.30. The lowest BCUT2D eigenvalue weighted by Crippen LogP contribution is -2.24. The predicted molar refractivity (Wildman–Crippen MR) is 93.5 cm³/mol. The second kappa shape index (κ2) is 8.75. The first-order valence-electron chi connectivity index (χ1n) is 7.68. The van der Waals surface area contributed by atoms with Crippen molar-refractivity contribution in [1.82, 2.24) is 5.43 Å². The van der Waals surface area contributed by atoms with Crippen LogP contribution in [0.1, 0.15) is 17.5 Å². The summed E-state index contributed by atoms with van der Waals surface area (Å²) in [7, 11) is 0. The Kier molecular flexibility index (Phi) is 6.42. The Labute approximate surface area is 156 Å². The summed E-state index contributed by atoms with van der Waals surface area (Å²) < 4.78 is 37.9. The Bertz CT molecular complexity index is 911. The van der Waals surface area contributed by atoms with Gasteiger partial charge < -0.3 is 5.32 Å². The Morgan fingerprint density at radius 1 is 1.11 bits per heavy atom. The molecule has 0 saturated carbocycles. The third-order valence-corrected chi connectivity index (χ3v) is 3.30. The number of nitro benzene ring substituents is 1. The van der Waals surface area contributed by atoms with Gasteiger partial charge >= 0.3 is 6.18 Å². The molecule has 146 valence electrons. The maximum atomic E-state index is 12.6. The van der Waals surface area contributed by atoms with Crippen molar-refractivity contribution in [2.24, 2.45) is 5.10 Å². The van der Waals surface area contributed by atoms with Crippen molar-refractivity contribution < 1.29 is 27.7 Å². The molecule has 2 N–H and O–H groups in total. The summed E-state index contributed by atoms with van der Waals surface area (Å²) in [5, 5.41) is 16.3. The number of hydrazone groups is 1. The van der Waals surface area contributed by atoms with Gasteiger partial charge in [0, 0.05) is 17.8 Å². The smallest absolute Gasteiger partial charge is 0.326 e. The summed E-state index contributed by atoms with van der Waals surface area (Å²) in [5.41, 5.74) is 1.42. The maximum absolute atomic E-state index is 12.6. The SMILES string of the molecule is O=C(CC(=O)Nc1cccc(C(F)(F)F)c1)NN=Cc1ccc([N+](=O)[O-])cc1. The molecule has 0 aliphatic carbocycles. The number of nitrogens with zero attached hydrogens (tertiary/aromatic N) is 2. The quantitative estimate of drug-likeness (QED) is 0.339. The lowest BCUT2D eigenvalue weighted by Gasteiger charge is -2.09. The van der Waals surface area contributed by atoms with E-state index in [0.717, 1.165) is 18.2 Å². The molecule has 11 heteroatoms. The summed E-state index contributed by atoms with van der Waals surface area (Å²) in [6, 6.07) is 9.34. The molecular formula is C17H13F3N4O4. The van der Waals surface area contributed by atoms with Crippen molar-refractivity contribution >= 4 is 29.4 Å². The molecule has 0 radical (unpaired) electrons. The first kappa shape index (κ1) is 20.6. The van der Waals surface area contributed by atoms with E-state index in [9.17, 15) is 32.9 Å². The number of hydrogen-bond acceptors (Lipinski definition) is 5. The lowest BCUT2D eigenvalue weighted by molar-refractivity contribution is -0.384. The largest absolute Gasteiger partial charge is 0.416 e. The van der Waals surface area contributed by atoms with Crippen LogP contribution in [-0.4, -0.2) is 23.0 Å². The Morgan fingerprint density at radius 2 is 1.79 bits per heavy atom. The van der Waals surface area contributed by atoms with E-state index >= 15 is 0 Å². The second-order valence-electron chi connectivity index (χ2n) is 5.45. The minimum Gasteiger partial charge on any atom is -0.326 e. The molecule has 8 nitrogen and oxygen atoms in total. The molecule has 0 saturated heterocycles. The summed E-state index contributed by atoms with van der Waals surface area (Å²) in [6.07, 6.45) is -4.00. The zero-order valence-electron chi connectivity index (χ0n) is 14.1. The van der Waals surface area contributed by atoms with Crippen LogP contribution < -0.4 is 10.7 Å².